The molecule has 1 heterocycles. The highest BCUT2D eigenvalue weighted by Crippen LogP contribution is 2.19. The van der Waals surface area contributed by atoms with Gasteiger partial charge in [0.05, 0.1) is 6.10 Å². The van der Waals surface area contributed by atoms with Crippen molar-refractivity contribution in [3.05, 3.63) is 33.8 Å². The summed E-state index contributed by atoms with van der Waals surface area (Å²) in [5, 5.41) is 9.57. The highest BCUT2D eigenvalue weighted by molar-refractivity contribution is 9.10. The van der Waals surface area contributed by atoms with Crippen LogP contribution in [0.2, 0.25) is 0 Å². The lowest BCUT2D eigenvalue weighted by atomic mass is 10.1. The predicted molar refractivity (Wildman–Crippen MR) is 70.0 cm³/mol. The number of hydrogen-bond acceptors (Lipinski definition) is 2. The third-order valence-electron chi connectivity index (χ3n) is 3.09. The number of nitrogens with zero attached hydrogens (tertiary/aromatic N) is 1. The van der Waals surface area contributed by atoms with Gasteiger partial charge in [-0.3, -0.25) is 4.79 Å². The van der Waals surface area contributed by atoms with Gasteiger partial charge in [-0.25, -0.2) is 0 Å². The van der Waals surface area contributed by atoms with Crippen molar-refractivity contribution in [3.63, 3.8) is 0 Å². The van der Waals surface area contributed by atoms with Crippen LogP contribution < -0.4 is 0 Å². The summed E-state index contributed by atoms with van der Waals surface area (Å²) < 4.78 is 1.01. The summed E-state index contributed by atoms with van der Waals surface area (Å²) >= 11 is 3.42. The molecule has 1 aromatic rings. The molecule has 1 N–H and O–H groups in total. The Morgan fingerprint density at radius 3 is 2.94 bits per heavy atom. The van der Waals surface area contributed by atoms with Crippen LogP contribution in [0.3, 0.4) is 0 Å². The smallest absolute Gasteiger partial charge is 0.253 e. The molecule has 0 radical (unpaired) electrons. The van der Waals surface area contributed by atoms with E-state index in [0.717, 1.165) is 29.4 Å². The van der Waals surface area contributed by atoms with Gasteiger partial charge in [0, 0.05) is 23.1 Å². The molecule has 1 aliphatic rings. The summed E-state index contributed by atoms with van der Waals surface area (Å²) in [5.74, 6) is 0.0133. The molecule has 3 nitrogen and oxygen atoms in total. The van der Waals surface area contributed by atoms with Crippen molar-refractivity contribution in [2.45, 2.75) is 25.9 Å². The number of carbonyl (C=O) groups excluding carboxylic acids is 1. The van der Waals surface area contributed by atoms with E-state index in [-0.39, 0.29) is 12.0 Å². The molecule has 1 aliphatic heterocycles. The van der Waals surface area contributed by atoms with E-state index in [4.69, 9.17) is 0 Å². The number of carbonyl (C=O) groups is 1. The second kappa shape index (κ2) is 5.19. The van der Waals surface area contributed by atoms with E-state index in [1.165, 1.54) is 0 Å². The van der Waals surface area contributed by atoms with Crippen LogP contribution in [0.25, 0.3) is 0 Å². The van der Waals surface area contributed by atoms with Crippen molar-refractivity contribution >= 4 is 21.8 Å². The second-order valence-corrected chi connectivity index (χ2v) is 5.37. The molecule has 0 aromatic heterocycles. The Labute approximate surface area is 110 Å². The monoisotopic (exact) mass is 297 g/mol. The molecule has 1 saturated heterocycles. The molecule has 1 aromatic carbocycles. The number of rotatable bonds is 1. The Hall–Kier alpha value is -0.870. The van der Waals surface area contributed by atoms with E-state index in [1.807, 2.05) is 25.1 Å². The fourth-order valence-corrected chi connectivity index (χ4v) is 2.35. The number of aryl methyl sites for hydroxylation is 1. The molecule has 4 heteroatoms. The van der Waals surface area contributed by atoms with E-state index in [9.17, 15) is 9.90 Å². The fourth-order valence-electron chi connectivity index (χ4n) is 2.10. The summed E-state index contributed by atoms with van der Waals surface area (Å²) in [4.78, 5) is 13.9. The van der Waals surface area contributed by atoms with Gasteiger partial charge in [0.25, 0.3) is 5.91 Å². The SMILES string of the molecule is Cc1cc(C(=O)N2CCCC(O)C2)ccc1Br. The van der Waals surface area contributed by atoms with Gasteiger partial charge in [0.1, 0.15) is 0 Å². The number of hydrogen-bond donors (Lipinski definition) is 1. The molecule has 1 amide bonds. The number of likely N-dealkylation sites (tertiary alicyclic amines) is 1. The minimum absolute atomic E-state index is 0.0133. The molecule has 2 rings (SSSR count). The number of β-amino-alcohol motifs (C(OH)–C–C–N with tert-alkyl or cyclic N) is 1. The van der Waals surface area contributed by atoms with Crippen molar-refractivity contribution < 1.29 is 9.90 Å². The lowest BCUT2D eigenvalue weighted by Crippen LogP contribution is -2.42. The van der Waals surface area contributed by atoms with Crippen LogP contribution >= 0.6 is 15.9 Å². The number of halogens is 1. The molecular weight excluding hydrogens is 282 g/mol. The summed E-state index contributed by atoms with van der Waals surface area (Å²) in [6.45, 7) is 3.16. The first-order valence-corrected chi connectivity index (χ1v) is 6.60. The third kappa shape index (κ3) is 2.87. The average molecular weight is 298 g/mol. The third-order valence-corrected chi connectivity index (χ3v) is 3.98. The molecule has 1 unspecified atom stereocenters. The van der Waals surface area contributed by atoms with Crippen LogP contribution in [0.1, 0.15) is 28.8 Å². The first kappa shape index (κ1) is 12.6. The van der Waals surface area contributed by atoms with Gasteiger partial charge in [-0.05, 0) is 43.5 Å². The van der Waals surface area contributed by atoms with Gasteiger partial charge in [0.15, 0.2) is 0 Å². The summed E-state index contributed by atoms with van der Waals surface area (Å²) in [6, 6.07) is 5.59. The van der Waals surface area contributed by atoms with Gasteiger partial charge in [0.2, 0.25) is 0 Å². The standard InChI is InChI=1S/C13H16BrNO2/c1-9-7-10(4-5-12(9)14)13(17)15-6-2-3-11(16)8-15/h4-5,7,11,16H,2-3,6,8H2,1H3. The molecule has 0 aliphatic carbocycles. The molecule has 0 saturated carbocycles. The summed E-state index contributed by atoms with van der Waals surface area (Å²) in [6.07, 6.45) is 1.30. The number of aliphatic hydroxyl groups is 1. The highest BCUT2D eigenvalue weighted by Gasteiger charge is 2.23. The predicted octanol–water partition coefficient (Wildman–Crippen LogP) is 2.35. The van der Waals surface area contributed by atoms with Crippen LogP contribution in [0.4, 0.5) is 0 Å². The summed E-state index contributed by atoms with van der Waals surface area (Å²) in [7, 11) is 0. The molecular formula is C13H16BrNO2. The highest BCUT2D eigenvalue weighted by atomic mass is 79.9. The Kier molecular flexibility index (Phi) is 3.84. The lowest BCUT2D eigenvalue weighted by molar-refractivity contribution is 0.0473. The maximum absolute atomic E-state index is 12.2. The fraction of sp³-hybridized carbons (Fsp3) is 0.462. The lowest BCUT2D eigenvalue weighted by Gasteiger charge is -2.30. The first-order chi connectivity index (χ1) is 8.08. The Morgan fingerprint density at radius 2 is 2.29 bits per heavy atom. The van der Waals surface area contributed by atoms with E-state index in [2.05, 4.69) is 15.9 Å². The maximum Gasteiger partial charge on any atom is 0.253 e. The number of benzene rings is 1. The van der Waals surface area contributed by atoms with Crippen LogP contribution in [-0.4, -0.2) is 35.1 Å². The Balaban J connectivity index is 2.15. The van der Waals surface area contributed by atoms with Crippen molar-refractivity contribution in [1.82, 2.24) is 4.90 Å². The van der Waals surface area contributed by atoms with Crippen LogP contribution in [0.5, 0.6) is 0 Å². The van der Waals surface area contributed by atoms with Gasteiger partial charge < -0.3 is 10.0 Å². The van der Waals surface area contributed by atoms with Gasteiger partial charge >= 0.3 is 0 Å². The number of aliphatic hydroxyl groups excluding tert-OH is 1. The summed E-state index contributed by atoms with van der Waals surface area (Å²) in [5.41, 5.74) is 1.74. The van der Waals surface area contributed by atoms with Gasteiger partial charge in [-0.1, -0.05) is 15.9 Å². The van der Waals surface area contributed by atoms with E-state index in [1.54, 1.807) is 4.90 Å². The van der Waals surface area contributed by atoms with Crippen molar-refractivity contribution in [1.29, 1.82) is 0 Å². The average Bonchev–Trinajstić information content (AvgIpc) is 2.32. The van der Waals surface area contributed by atoms with Crippen LogP contribution in [0.15, 0.2) is 22.7 Å². The number of amides is 1. The first-order valence-electron chi connectivity index (χ1n) is 5.81. The van der Waals surface area contributed by atoms with Gasteiger partial charge in [-0.2, -0.15) is 0 Å². The topological polar surface area (TPSA) is 40.5 Å². The van der Waals surface area contributed by atoms with Gasteiger partial charge in [-0.15, -0.1) is 0 Å². The minimum atomic E-state index is -0.371. The second-order valence-electron chi connectivity index (χ2n) is 4.51. The quantitative estimate of drug-likeness (QED) is 0.864. The molecule has 92 valence electrons. The van der Waals surface area contributed by atoms with Crippen LogP contribution in [-0.2, 0) is 0 Å². The molecule has 0 spiro atoms. The zero-order valence-corrected chi connectivity index (χ0v) is 11.4. The Morgan fingerprint density at radius 1 is 1.53 bits per heavy atom. The maximum atomic E-state index is 12.2. The minimum Gasteiger partial charge on any atom is -0.391 e. The molecule has 1 fully saturated rings. The molecule has 1 atom stereocenters. The normalized spacial score (nSPS) is 20.4. The largest absolute Gasteiger partial charge is 0.391 e. The zero-order chi connectivity index (χ0) is 12.4. The van der Waals surface area contributed by atoms with Crippen LogP contribution in [0, 0.1) is 6.92 Å². The molecule has 0 bridgehead atoms. The zero-order valence-electron chi connectivity index (χ0n) is 9.82. The Bertz CT molecular complexity index is 433. The van der Waals surface area contributed by atoms with E-state index < -0.39 is 0 Å². The van der Waals surface area contributed by atoms with Crippen molar-refractivity contribution in [3.8, 4) is 0 Å². The van der Waals surface area contributed by atoms with Crippen molar-refractivity contribution in [2.24, 2.45) is 0 Å². The number of piperidine rings is 1. The molecule has 17 heavy (non-hydrogen) atoms. The van der Waals surface area contributed by atoms with E-state index >= 15 is 0 Å². The van der Waals surface area contributed by atoms with Crippen molar-refractivity contribution in [2.75, 3.05) is 13.1 Å². The van der Waals surface area contributed by atoms with E-state index in [0.29, 0.717) is 12.1 Å².